The molecule has 1 unspecified atom stereocenters. The number of rotatable bonds is 3. The smallest absolute Gasteiger partial charge is 0.212 e. The number of ether oxygens (including phenoxy) is 1. The molecule has 0 bridgehead atoms. The van der Waals surface area contributed by atoms with Crippen LogP contribution in [-0.2, 0) is 0 Å². The Balaban J connectivity index is 2.33. The van der Waals surface area contributed by atoms with E-state index in [1.807, 2.05) is 18.2 Å². The Kier molecular flexibility index (Phi) is 3.81. The molecule has 0 aliphatic heterocycles. The van der Waals surface area contributed by atoms with Crippen LogP contribution in [0.25, 0.3) is 0 Å². The molecule has 0 saturated carbocycles. The second-order valence-corrected chi connectivity index (χ2v) is 4.18. The van der Waals surface area contributed by atoms with Crippen LogP contribution in [0.2, 0.25) is 5.02 Å². The molecule has 0 aliphatic rings. The van der Waals surface area contributed by atoms with Crippen LogP contribution in [0.3, 0.4) is 0 Å². The third-order valence-electron chi connectivity index (χ3n) is 2.63. The first-order chi connectivity index (χ1) is 8.74. The number of aromatic nitrogens is 1. The Morgan fingerprint density at radius 3 is 2.33 bits per heavy atom. The lowest BCUT2D eigenvalue weighted by molar-refractivity contribution is 0.397. The molecule has 1 atom stereocenters. The Morgan fingerprint density at radius 2 is 1.83 bits per heavy atom. The molecule has 0 aliphatic carbocycles. The van der Waals surface area contributed by atoms with Crippen LogP contribution in [-0.4, -0.2) is 12.1 Å². The van der Waals surface area contributed by atoms with Crippen LogP contribution in [0.4, 0.5) is 0 Å². The minimum absolute atomic E-state index is 0.347. The van der Waals surface area contributed by atoms with Crippen LogP contribution in [0.5, 0.6) is 5.88 Å². The highest BCUT2D eigenvalue weighted by Crippen LogP contribution is 2.25. The highest BCUT2D eigenvalue weighted by atomic mass is 35.5. The van der Waals surface area contributed by atoms with Crippen molar-refractivity contribution in [1.29, 1.82) is 5.26 Å². The van der Waals surface area contributed by atoms with Gasteiger partial charge in [0.1, 0.15) is 0 Å². The summed E-state index contributed by atoms with van der Waals surface area (Å²) in [6.07, 6.45) is 1.65. The molecule has 0 spiro atoms. The van der Waals surface area contributed by atoms with Crippen molar-refractivity contribution < 1.29 is 4.74 Å². The van der Waals surface area contributed by atoms with E-state index in [0.29, 0.717) is 10.9 Å². The number of nitriles is 1. The lowest BCUT2D eigenvalue weighted by Gasteiger charge is -2.10. The van der Waals surface area contributed by atoms with Gasteiger partial charge >= 0.3 is 0 Å². The van der Waals surface area contributed by atoms with Crippen molar-refractivity contribution in [1.82, 2.24) is 4.98 Å². The standard InChI is InChI=1S/C14H11ClN2O/c1-18-14-7-4-11(9-17-14)13(8-16)10-2-5-12(15)6-3-10/h2-7,9,13H,1H3. The SMILES string of the molecule is COc1ccc(C(C#N)c2ccc(Cl)cc2)cn1. The minimum Gasteiger partial charge on any atom is -0.481 e. The van der Waals surface area contributed by atoms with Gasteiger partial charge in [0.15, 0.2) is 0 Å². The zero-order valence-electron chi connectivity index (χ0n) is 9.80. The molecule has 1 aromatic heterocycles. The van der Waals surface area contributed by atoms with Gasteiger partial charge in [-0.1, -0.05) is 29.8 Å². The first kappa shape index (κ1) is 12.4. The summed E-state index contributed by atoms with van der Waals surface area (Å²) in [4.78, 5) is 4.11. The summed E-state index contributed by atoms with van der Waals surface area (Å²) >= 11 is 5.83. The summed E-state index contributed by atoms with van der Waals surface area (Å²) in [7, 11) is 1.56. The van der Waals surface area contributed by atoms with Crippen LogP contribution in [0.15, 0.2) is 42.6 Å². The Hall–Kier alpha value is -2.05. The van der Waals surface area contributed by atoms with E-state index in [4.69, 9.17) is 16.3 Å². The molecule has 3 nitrogen and oxygen atoms in total. The van der Waals surface area contributed by atoms with Gasteiger partial charge in [-0.05, 0) is 23.3 Å². The quantitative estimate of drug-likeness (QED) is 0.848. The number of hydrogen-bond acceptors (Lipinski definition) is 3. The minimum atomic E-state index is -0.347. The summed E-state index contributed by atoms with van der Waals surface area (Å²) in [5, 5.41) is 9.94. The molecule has 0 amide bonds. The average molecular weight is 259 g/mol. The maximum absolute atomic E-state index is 9.29. The maximum Gasteiger partial charge on any atom is 0.212 e. The van der Waals surface area contributed by atoms with Crippen molar-refractivity contribution in [2.24, 2.45) is 0 Å². The normalized spacial score (nSPS) is 11.6. The van der Waals surface area contributed by atoms with Gasteiger partial charge in [-0.3, -0.25) is 0 Å². The van der Waals surface area contributed by atoms with E-state index in [2.05, 4.69) is 11.1 Å². The van der Waals surface area contributed by atoms with Crippen molar-refractivity contribution in [2.45, 2.75) is 5.92 Å². The molecule has 2 aromatic rings. The molecule has 0 fully saturated rings. The summed E-state index contributed by atoms with van der Waals surface area (Å²) in [5.41, 5.74) is 1.73. The number of nitrogens with zero attached hydrogens (tertiary/aromatic N) is 2. The van der Waals surface area contributed by atoms with Gasteiger partial charge in [-0.15, -0.1) is 0 Å². The number of pyridine rings is 1. The molecule has 0 saturated heterocycles. The fourth-order valence-electron chi connectivity index (χ4n) is 1.68. The van der Waals surface area contributed by atoms with Gasteiger partial charge in [0.25, 0.3) is 0 Å². The largest absolute Gasteiger partial charge is 0.481 e. The molecular formula is C14H11ClN2O. The zero-order valence-corrected chi connectivity index (χ0v) is 10.6. The van der Waals surface area contributed by atoms with Crippen LogP contribution in [0, 0.1) is 11.3 Å². The predicted octanol–water partition coefficient (Wildman–Crippen LogP) is 3.40. The average Bonchev–Trinajstić information content (AvgIpc) is 2.42. The van der Waals surface area contributed by atoms with E-state index >= 15 is 0 Å². The molecule has 1 aromatic carbocycles. The summed E-state index contributed by atoms with van der Waals surface area (Å²) < 4.78 is 4.99. The molecule has 90 valence electrons. The van der Waals surface area contributed by atoms with Crippen LogP contribution < -0.4 is 4.74 Å². The van der Waals surface area contributed by atoms with Gasteiger partial charge in [0.2, 0.25) is 5.88 Å². The second-order valence-electron chi connectivity index (χ2n) is 3.75. The molecule has 18 heavy (non-hydrogen) atoms. The lowest BCUT2D eigenvalue weighted by Crippen LogP contribution is -1.99. The van der Waals surface area contributed by atoms with Gasteiger partial charge in [-0.2, -0.15) is 5.26 Å². The molecule has 4 heteroatoms. The first-order valence-electron chi connectivity index (χ1n) is 5.39. The van der Waals surface area contributed by atoms with E-state index in [1.54, 1.807) is 31.5 Å². The highest BCUT2D eigenvalue weighted by Gasteiger charge is 2.13. The van der Waals surface area contributed by atoms with E-state index in [0.717, 1.165) is 11.1 Å². The Morgan fingerprint density at radius 1 is 1.17 bits per heavy atom. The molecular weight excluding hydrogens is 248 g/mol. The van der Waals surface area contributed by atoms with Crippen molar-refractivity contribution in [3.05, 3.63) is 58.7 Å². The molecule has 0 N–H and O–H groups in total. The van der Waals surface area contributed by atoms with Crippen LogP contribution in [0.1, 0.15) is 17.0 Å². The van der Waals surface area contributed by atoms with Gasteiger partial charge in [0.05, 0.1) is 19.1 Å². The monoisotopic (exact) mass is 258 g/mol. The summed E-state index contributed by atoms with van der Waals surface area (Å²) in [5.74, 6) is 0.187. The predicted molar refractivity (Wildman–Crippen MR) is 69.7 cm³/mol. The molecule has 0 radical (unpaired) electrons. The highest BCUT2D eigenvalue weighted by molar-refractivity contribution is 6.30. The third kappa shape index (κ3) is 2.61. The number of benzene rings is 1. The van der Waals surface area contributed by atoms with E-state index in [-0.39, 0.29) is 5.92 Å². The Bertz CT molecular complexity index is 558. The van der Waals surface area contributed by atoms with E-state index < -0.39 is 0 Å². The van der Waals surface area contributed by atoms with Crippen molar-refractivity contribution in [3.63, 3.8) is 0 Å². The maximum atomic E-state index is 9.29. The summed E-state index contributed by atoms with van der Waals surface area (Å²) in [6, 6.07) is 13.1. The van der Waals surface area contributed by atoms with Gasteiger partial charge < -0.3 is 4.74 Å². The van der Waals surface area contributed by atoms with E-state index in [1.165, 1.54) is 0 Å². The lowest BCUT2D eigenvalue weighted by atomic mass is 9.94. The molecule has 2 rings (SSSR count). The number of halogens is 1. The fraction of sp³-hybridized carbons (Fsp3) is 0.143. The topological polar surface area (TPSA) is 45.9 Å². The van der Waals surface area contributed by atoms with Gasteiger partial charge in [0, 0.05) is 17.3 Å². The molecule has 1 heterocycles. The number of hydrogen-bond donors (Lipinski definition) is 0. The van der Waals surface area contributed by atoms with Crippen molar-refractivity contribution >= 4 is 11.6 Å². The number of methoxy groups -OCH3 is 1. The van der Waals surface area contributed by atoms with Crippen molar-refractivity contribution in [2.75, 3.05) is 7.11 Å². The zero-order chi connectivity index (χ0) is 13.0. The van der Waals surface area contributed by atoms with E-state index in [9.17, 15) is 5.26 Å². The third-order valence-corrected chi connectivity index (χ3v) is 2.89. The summed E-state index contributed by atoms with van der Waals surface area (Å²) in [6.45, 7) is 0. The van der Waals surface area contributed by atoms with Crippen LogP contribution >= 0.6 is 11.6 Å². The van der Waals surface area contributed by atoms with Crippen molar-refractivity contribution in [3.8, 4) is 11.9 Å². The second kappa shape index (κ2) is 5.52. The Labute approximate surface area is 111 Å². The van der Waals surface area contributed by atoms with Gasteiger partial charge in [-0.25, -0.2) is 4.98 Å². The first-order valence-corrected chi connectivity index (χ1v) is 5.77. The fourth-order valence-corrected chi connectivity index (χ4v) is 1.81.